The highest BCUT2D eigenvalue weighted by molar-refractivity contribution is 5.79. The third-order valence-electron chi connectivity index (χ3n) is 5.41. The SMILES string of the molecule is O=C(CCNC(=O)OCC1c2ccccc2-c2ccccc21)NOC1CCCCO1. The molecular formula is C23H26N2O5. The number of amides is 2. The molecule has 4 rings (SSSR count). The van der Waals surface area contributed by atoms with Gasteiger partial charge in [-0.15, -0.1) is 0 Å². The molecule has 1 aliphatic heterocycles. The lowest BCUT2D eigenvalue weighted by Gasteiger charge is -2.22. The van der Waals surface area contributed by atoms with Crippen LogP contribution < -0.4 is 10.8 Å². The molecule has 1 fully saturated rings. The van der Waals surface area contributed by atoms with Crippen LogP contribution in [0.3, 0.4) is 0 Å². The maximum absolute atomic E-state index is 12.1. The van der Waals surface area contributed by atoms with Gasteiger partial charge in [0.2, 0.25) is 5.91 Å². The van der Waals surface area contributed by atoms with E-state index < -0.39 is 12.4 Å². The van der Waals surface area contributed by atoms with E-state index in [1.54, 1.807) is 0 Å². The fourth-order valence-corrected chi connectivity index (χ4v) is 3.91. The zero-order chi connectivity index (χ0) is 20.8. The van der Waals surface area contributed by atoms with Crippen molar-refractivity contribution in [3.8, 4) is 11.1 Å². The molecule has 0 radical (unpaired) electrons. The van der Waals surface area contributed by atoms with Crippen molar-refractivity contribution in [3.05, 3.63) is 59.7 Å². The van der Waals surface area contributed by atoms with Crippen molar-refractivity contribution >= 4 is 12.0 Å². The van der Waals surface area contributed by atoms with Gasteiger partial charge in [0.15, 0.2) is 6.29 Å². The molecule has 0 saturated carbocycles. The third-order valence-corrected chi connectivity index (χ3v) is 5.41. The van der Waals surface area contributed by atoms with E-state index in [9.17, 15) is 9.59 Å². The molecule has 1 atom stereocenters. The van der Waals surface area contributed by atoms with Crippen molar-refractivity contribution in [1.82, 2.24) is 10.8 Å². The van der Waals surface area contributed by atoms with Gasteiger partial charge in [0.25, 0.3) is 0 Å². The number of rotatable bonds is 7. The van der Waals surface area contributed by atoms with E-state index in [4.69, 9.17) is 14.3 Å². The van der Waals surface area contributed by atoms with E-state index >= 15 is 0 Å². The van der Waals surface area contributed by atoms with Crippen molar-refractivity contribution in [2.45, 2.75) is 37.9 Å². The predicted molar refractivity (Wildman–Crippen MR) is 111 cm³/mol. The van der Waals surface area contributed by atoms with Crippen LogP contribution in [0.1, 0.15) is 42.7 Å². The van der Waals surface area contributed by atoms with Crippen molar-refractivity contribution in [1.29, 1.82) is 0 Å². The molecule has 7 heteroatoms. The summed E-state index contributed by atoms with van der Waals surface area (Å²) >= 11 is 0. The normalized spacial score (nSPS) is 17.7. The van der Waals surface area contributed by atoms with E-state index in [2.05, 4.69) is 35.1 Å². The molecule has 0 spiro atoms. The molecule has 158 valence electrons. The second kappa shape index (κ2) is 9.73. The molecule has 30 heavy (non-hydrogen) atoms. The maximum atomic E-state index is 12.1. The highest BCUT2D eigenvalue weighted by atomic mass is 16.8. The molecule has 0 bridgehead atoms. The molecule has 1 aliphatic carbocycles. The molecule has 0 aromatic heterocycles. The van der Waals surface area contributed by atoms with E-state index in [-0.39, 0.29) is 31.4 Å². The lowest BCUT2D eigenvalue weighted by atomic mass is 9.98. The van der Waals surface area contributed by atoms with Gasteiger partial charge in [-0.1, -0.05) is 48.5 Å². The average molecular weight is 410 g/mol. The first kappa shape index (κ1) is 20.4. The molecule has 1 saturated heterocycles. The van der Waals surface area contributed by atoms with E-state index in [1.807, 2.05) is 24.3 Å². The van der Waals surface area contributed by atoms with Crippen LogP contribution in [0, 0.1) is 0 Å². The summed E-state index contributed by atoms with van der Waals surface area (Å²) in [6.07, 6.45) is 1.95. The Balaban J connectivity index is 1.20. The molecule has 2 aromatic carbocycles. The van der Waals surface area contributed by atoms with Crippen molar-refractivity contribution in [3.63, 3.8) is 0 Å². The highest BCUT2D eigenvalue weighted by Gasteiger charge is 2.29. The molecule has 7 nitrogen and oxygen atoms in total. The zero-order valence-corrected chi connectivity index (χ0v) is 16.8. The standard InChI is InChI=1S/C23H26N2O5/c26-21(25-30-22-11-5-6-14-28-22)12-13-24-23(27)29-15-20-18-9-3-1-7-16(18)17-8-2-4-10-19(17)20/h1-4,7-10,20,22H,5-6,11-15H2,(H,24,27)(H,25,26). The van der Waals surface area contributed by atoms with Crippen LogP contribution in [-0.2, 0) is 19.1 Å². The minimum Gasteiger partial charge on any atom is -0.449 e. The maximum Gasteiger partial charge on any atom is 0.407 e. The lowest BCUT2D eigenvalue weighted by molar-refractivity contribution is -0.200. The number of carbonyl (C=O) groups is 2. The van der Waals surface area contributed by atoms with Gasteiger partial charge in [-0.2, -0.15) is 0 Å². The van der Waals surface area contributed by atoms with Crippen molar-refractivity contribution < 1.29 is 23.9 Å². The van der Waals surface area contributed by atoms with Crippen LogP contribution >= 0.6 is 0 Å². The lowest BCUT2D eigenvalue weighted by Crippen LogP contribution is -2.35. The molecule has 2 aromatic rings. The summed E-state index contributed by atoms with van der Waals surface area (Å²) in [4.78, 5) is 29.1. The first-order chi connectivity index (χ1) is 14.7. The molecule has 1 unspecified atom stereocenters. The fraction of sp³-hybridized carbons (Fsp3) is 0.391. The van der Waals surface area contributed by atoms with Crippen molar-refractivity contribution in [2.24, 2.45) is 0 Å². The minimum absolute atomic E-state index is 0.00958. The summed E-state index contributed by atoms with van der Waals surface area (Å²) in [6.45, 7) is 1.05. The van der Waals surface area contributed by atoms with E-state index in [0.29, 0.717) is 6.61 Å². The molecule has 2 amide bonds. The van der Waals surface area contributed by atoms with Gasteiger partial charge in [-0.25, -0.2) is 15.1 Å². The zero-order valence-electron chi connectivity index (χ0n) is 16.8. The van der Waals surface area contributed by atoms with Gasteiger partial charge < -0.3 is 14.8 Å². The second-order valence-electron chi connectivity index (χ2n) is 7.44. The Morgan fingerprint density at radius 2 is 1.70 bits per heavy atom. The van der Waals surface area contributed by atoms with Gasteiger partial charge in [0, 0.05) is 31.9 Å². The summed E-state index contributed by atoms with van der Waals surface area (Å²) in [7, 11) is 0. The Kier molecular flexibility index (Phi) is 6.61. The third kappa shape index (κ3) is 4.80. The summed E-state index contributed by atoms with van der Waals surface area (Å²) in [5, 5.41) is 2.61. The number of alkyl carbamates (subject to hydrolysis) is 1. The summed E-state index contributed by atoms with van der Waals surface area (Å²) < 4.78 is 10.8. The Hall–Kier alpha value is -2.90. The number of hydrogen-bond donors (Lipinski definition) is 2. The Bertz CT molecular complexity index is 849. The Labute approximate surface area is 175 Å². The Morgan fingerprint density at radius 3 is 2.37 bits per heavy atom. The largest absolute Gasteiger partial charge is 0.449 e. The number of fused-ring (bicyclic) bond motifs is 3. The number of carbonyl (C=O) groups excluding carboxylic acids is 2. The van der Waals surface area contributed by atoms with Crippen molar-refractivity contribution in [2.75, 3.05) is 19.8 Å². The van der Waals surface area contributed by atoms with Gasteiger partial charge in [0.1, 0.15) is 6.61 Å². The number of benzene rings is 2. The van der Waals surface area contributed by atoms with Gasteiger partial charge in [-0.05, 0) is 35.1 Å². The molecular weight excluding hydrogens is 384 g/mol. The van der Waals surface area contributed by atoms with E-state index in [1.165, 1.54) is 11.1 Å². The van der Waals surface area contributed by atoms with Gasteiger partial charge in [-0.3, -0.25) is 4.79 Å². The van der Waals surface area contributed by atoms with Gasteiger partial charge >= 0.3 is 6.09 Å². The molecule has 1 heterocycles. The summed E-state index contributed by atoms with van der Waals surface area (Å²) in [5.74, 6) is -0.307. The summed E-state index contributed by atoms with van der Waals surface area (Å²) in [6, 6.07) is 16.3. The number of hydrogen-bond acceptors (Lipinski definition) is 5. The minimum atomic E-state index is -0.541. The van der Waals surface area contributed by atoms with Gasteiger partial charge in [0.05, 0.1) is 0 Å². The quantitative estimate of drug-likeness (QED) is 0.683. The topological polar surface area (TPSA) is 85.9 Å². The predicted octanol–water partition coefficient (Wildman–Crippen LogP) is 3.49. The molecule has 2 N–H and O–H groups in total. The van der Waals surface area contributed by atoms with Crippen LogP contribution in [0.5, 0.6) is 0 Å². The van der Waals surface area contributed by atoms with Crippen LogP contribution in [0.15, 0.2) is 48.5 Å². The molecule has 2 aliphatic rings. The summed E-state index contributed by atoms with van der Waals surface area (Å²) in [5.41, 5.74) is 7.05. The van der Waals surface area contributed by atoms with Crippen LogP contribution in [0.2, 0.25) is 0 Å². The average Bonchev–Trinajstić information content (AvgIpc) is 3.11. The number of nitrogens with one attached hydrogen (secondary N) is 2. The van der Waals surface area contributed by atoms with Crippen LogP contribution in [0.4, 0.5) is 4.79 Å². The highest BCUT2D eigenvalue weighted by Crippen LogP contribution is 2.44. The number of ether oxygens (including phenoxy) is 2. The first-order valence-electron chi connectivity index (χ1n) is 10.4. The number of hydroxylamine groups is 1. The first-order valence-corrected chi connectivity index (χ1v) is 10.4. The monoisotopic (exact) mass is 410 g/mol. The van der Waals surface area contributed by atoms with Crippen LogP contribution in [-0.4, -0.2) is 38.0 Å². The van der Waals surface area contributed by atoms with Crippen LogP contribution in [0.25, 0.3) is 11.1 Å². The van der Waals surface area contributed by atoms with E-state index in [0.717, 1.165) is 30.4 Å². The second-order valence-corrected chi connectivity index (χ2v) is 7.44. The fourth-order valence-electron chi connectivity index (χ4n) is 3.91. The smallest absolute Gasteiger partial charge is 0.407 e. The Morgan fingerprint density at radius 1 is 1.00 bits per heavy atom.